The molecule has 0 spiro atoms. The Hall–Kier alpha value is -0.720. The third kappa shape index (κ3) is 13.4. The lowest BCUT2D eigenvalue weighted by Crippen LogP contribution is -2.38. The first-order chi connectivity index (χ1) is 15.6. The van der Waals surface area contributed by atoms with Crippen molar-refractivity contribution in [1.29, 1.82) is 0 Å². The van der Waals surface area contributed by atoms with Gasteiger partial charge in [0, 0.05) is 0 Å². The Morgan fingerprint density at radius 2 is 1.00 bits per heavy atom. The predicted octanol–water partition coefficient (Wildman–Crippen LogP) is 2.12. The van der Waals surface area contributed by atoms with Crippen molar-refractivity contribution in [2.45, 2.75) is 43.4 Å². The summed E-state index contributed by atoms with van der Waals surface area (Å²) in [4.78, 5) is 0. The largest absolute Gasteiger partial charge is 0.741 e. The van der Waals surface area contributed by atoms with Crippen LogP contribution in [0.1, 0.15) is 19.3 Å². The standard InChI is InChI=1S/C13H20I2N4.2CHF3O3S/c1-16-8-12(14)10-18(16)6-4-3-5-7-19-11-13(15)9-17(19)2;2*2-1(3,4)8(5,6)7/h8-11H,3-7H2,1-2H3;2*(H,5,6,7)/q+2;;/p-2. The topological polar surface area (TPSA) is 132 Å². The molecule has 35 heavy (non-hydrogen) atoms. The van der Waals surface area contributed by atoms with Gasteiger partial charge in [-0.15, -0.1) is 9.36 Å². The molecule has 0 unspecified atom stereocenters. The highest BCUT2D eigenvalue weighted by Crippen LogP contribution is 2.21. The second-order valence-corrected chi connectivity index (χ2v) is 11.9. The van der Waals surface area contributed by atoms with E-state index in [4.69, 9.17) is 25.9 Å². The fraction of sp³-hybridized carbons (Fsp3) is 0.600. The number of nitrogens with zero attached hydrogens (tertiary/aromatic N) is 4. The van der Waals surface area contributed by atoms with Crippen LogP contribution in [0.3, 0.4) is 0 Å². The van der Waals surface area contributed by atoms with E-state index in [9.17, 15) is 26.3 Å². The highest BCUT2D eigenvalue weighted by molar-refractivity contribution is 14.1. The van der Waals surface area contributed by atoms with Gasteiger partial charge >= 0.3 is 11.0 Å². The molecule has 2 aromatic heterocycles. The van der Waals surface area contributed by atoms with Gasteiger partial charge < -0.3 is 9.11 Å². The molecule has 0 aliphatic rings. The molecule has 10 nitrogen and oxygen atoms in total. The average Bonchev–Trinajstić information content (AvgIpc) is 3.12. The number of alkyl halides is 6. The Morgan fingerprint density at radius 1 is 0.743 bits per heavy atom. The Balaban J connectivity index is 0.000000601. The van der Waals surface area contributed by atoms with E-state index in [1.54, 1.807) is 0 Å². The maximum atomic E-state index is 10.7. The fourth-order valence-electron chi connectivity index (χ4n) is 2.21. The van der Waals surface area contributed by atoms with Gasteiger partial charge in [-0.1, -0.05) is 0 Å². The lowest BCUT2D eigenvalue weighted by molar-refractivity contribution is -0.754. The number of halogens is 8. The lowest BCUT2D eigenvalue weighted by Gasteiger charge is -2.08. The Labute approximate surface area is 224 Å². The molecular weight excluding hydrogens is 764 g/mol. The number of hydrogen-bond acceptors (Lipinski definition) is 6. The zero-order valence-electron chi connectivity index (χ0n) is 17.9. The zero-order chi connectivity index (χ0) is 27.8. The first kappa shape index (κ1) is 34.3. The SMILES string of the molecule is C[n+]1cc(I)cn1CCCCCn1cc(I)c[n+]1C.O=S(=O)([O-])C(F)(F)F.O=S(=O)([O-])C(F)(F)F. The minimum Gasteiger partial charge on any atom is -0.741 e. The molecule has 0 N–H and O–H groups in total. The third-order valence-electron chi connectivity index (χ3n) is 3.82. The maximum absolute atomic E-state index is 10.7. The van der Waals surface area contributed by atoms with Gasteiger partial charge in [-0.05, 0) is 64.4 Å². The smallest absolute Gasteiger partial charge is 0.485 e. The number of aromatic nitrogens is 4. The van der Waals surface area contributed by atoms with Crippen molar-refractivity contribution in [3.05, 3.63) is 31.9 Å². The summed E-state index contributed by atoms with van der Waals surface area (Å²) in [6.45, 7) is 2.21. The van der Waals surface area contributed by atoms with Gasteiger partial charge in [0.25, 0.3) is 0 Å². The Kier molecular flexibility index (Phi) is 13.4. The molecule has 2 aromatic rings. The summed E-state index contributed by atoms with van der Waals surface area (Å²) in [6.07, 6.45) is 12.5. The highest BCUT2D eigenvalue weighted by atomic mass is 127. The second kappa shape index (κ2) is 13.7. The van der Waals surface area contributed by atoms with Crippen LogP contribution < -0.4 is 9.36 Å². The lowest BCUT2D eigenvalue weighted by atomic mass is 10.2. The molecule has 0 atom stereocenters. The molecule has 0 aliphatic heterocycles. The molecule has 0 fully saturated rings. The van der Waals surface area contributed by atoms with Crippen LogP contribution in [0.2, 0.25) is 0 Å². The fourth-order valence-corrected chi connectivity index (χ4v) is 3.66. The molecule has 20 heteroatoms. The van der Waals surface area contributed by atoms with Crippen molar-refractivity contribution < 1.29 is 61.6 Å². The number of rotatable bonds is 6. The number of unbranched alkanes of at least 4 members (excludes halogenated alkanes) is 2. The number of aryl methyl sites for hydroxylation is 4. The summed E-state index contributed by atoms with van der Waals surface area (Å²) >= 11 is 4.72. The van der Waals surface area contributed by atoms with Crippen LogP contribution >= 0.6 is 45.2 Å². The highest BCUT2D eigenvalue weighted by Gasteiger charge is 2.37. The van der Waals surface area contributed by atoms with Crippen LogP contribution in [0.5, 0.6) is 0 Å². The van der Waals surface area contributed by atoms with Crippen LogP contribution in [-0.2, 0) is 47.4 Å². The van der Waals surface area contributed by atoms with Crippen molar-refractivity contribution in [3.63, 3.8) is 0 Å². The van der Waals surface area contributed by atoms with Crippen LogP contribution in [-0.4, -0.2) is 46.3 Å². The van der Waals surface area contributed by atoms with Gasteiger partial charge in [0.1, 0.15) is 7.14 Å². The van der Waals surface area contributed by atoms with Crippen LogP contribution in [0.15, 0.2) is 24.8 Å². The summed E-state index contributed by atoms with van der Waals surface area (Å²) in [5, 5.41) is 0. The first-order valence-electron chi connectivity index (χ1n) is 9.03. The summed E-state index contributed by atoms with van der Waals surface area (Å²) in [7, 11) is -7.98. The van der Waals surface area contributed by atoms with Crippen molar-refractivity contribution >= 4 is 65.4 Å². The Morgan fingerprint density at radius 3 is 1.17 bits per heavy atom. The number of hydrogen-bond donors (Lipinski definition) is 0. The van der Waals surface area contributed by atoms with Crippen LogP contribution in [0.4, 0.5) is 26.3 Å². The minimum absolute atomic E-state index is 1.11. The average molecular weight is 784 g/mol. The van der Waals surface area contributed by atoms with Gasteiger partial charge in [-0.25, -0.2) is 16.8 Å². The molecule has 0 amide bonds. The predicted molar refractivity (Wildman–Crippen MR) is 122 cm³/mol. The van der Waals surface area contributed by atoms with Crippen molar-refractivity contribution in [2.24, 2.45) is 14.1 Å². The maximum Gasteiger partial charge on any atom is 0.485 e. The molecule has 0 bridgehead atoms. The zero-order valence-corrected chi connectivity index (χ0v) is 23.9. The molecule has 0 radical (unpaired) electrons. The van der Waals surface area contributed by atoms with Crippen molar-refractivity contribution in [2.75, 3.05) is 0 Å². The van der Waals surface area contributed by atoms with E-state index in [0.717, 1.165) is 13.1 Å². The van der Waals surface area contributed by atoms with Crippen LogP contribution in [0, 0.1) is 7.14 Å². The summed E-state index contributed by atoms with van der Waals surface area (Å²) in [6, 6.07) is 0. The van der Waals surface area contributed by atoms with Crippen LogP contribution in [0.25, 0.3) is 0 Å². The van der Waals surface area contributed by atoms with Crippen molar-refractivity contribution in [1.82, 2.24) is 9.36 Å². The van der Waals surface area contributed by atoms with Gasteiger partial charge in [0.2, 0.25) is 12.4 Å². The molecule has 2 rings (SSSR count). The van der Waals surface area contributed by atoms with Crippen molar-refractivity contribution in [3.8, 4) is 0 Å². The van der Waals surface area contributed by atoms with E-state index in [1.165, 1.54) is 26.4 Å². The molecular formula is C15H20F6I2N4O6S2. The van der Waals surface area contributed by atoms with Gasteiger partial charge in [-0.2, -0.15) is 35.7 Å². The molecule has 0 saturated carbocycles. The molecule has 0 aliphatic carbocycles. The van der Waals surface area contributed by atoms with E-state index in [2.05, 4.69) is 103 Å². The van der Waals surface area contributed by atoms with Gasteiger partial charge in [0.05, 0.1) is 25.5 Å². The molecule has 0 aromatic carbocycles. The van der Waals surface area contributed by atoms with E-state index in [1.807, 2.05) is 0 Å². The monoisotopic (exact) mass is 784 g/mol. The van der Waals surface area contributed by atoms with E-state index in [-0.39, 0.29) is 0 Å². The quantitative estimate of drug-likeness (QED) is 0.110. The second-order valence-electron chi connectivity index (χ2n) is 6.62. The van der Waals surface area contributed by atoms with E-state index in [0.29, 0.717) is 0 Å². The summed E-state index contributed by atoms with van der Waals surface area (Å²) in [5.41, 5.74) is -11.3. The van der Waals surface area contributed by atoms with Gasteiger partial charge in [0.15, 0.2) is 34.3 Å². The third-order valence-corrected chi connectivity index (χ3v) is 6.06. The minimum atomic E-state index is -6.09. The Bertz CT molecular complexity index is 1070. The first-order valence-corrected chi connectivity index (χ1v) is 14.0. The summed E-state index contributed by atoms with van der Waals surface area (Å²) in [5.74, 6) is 0. The molecule has 0 saturated heterocycles. The van der Waals surface area contributed by atoms with E-state index >= 15 is 0 Å². The van der Waals surface area contributed by atoms with Gasteiger partial charge in [-0.3, -0.25) is 0 Å². The normalized spacial score (nSPS) is 12.5. The van der Waals surface area contributed by atoms with E-state index < -0.39 is 31.3 Å². The molecule has 204 valence electrons. The molecule has 2 heterocycles. The summed E-state index contributed by atoms with van der Waals surface area (Å²) < 4.78 is 129.